The van der Waals surface area contributed by atoms with Gasteiger partial charge in [0.1, 0.15) is 6.61 Å². The number of benzene rings is 1. The quantitative estimate of drug-likeness (QED) is 0.329. The summed E-state index contributed by atoms with van der Waals surface area (Å²) in [6, 6.07) is 16.7. The fourth-order valence-electron chi connectivity index (χ4n) is 2.85. The molecule has 0 fully saturated rings. The number of ether oxygens (including phenoxy) is 1. The van der Waals surface area contributed by atoms with Crippen molar-refractivity contribution in [3.8, 4) is 0 Å². The zero-order chi connectivity index (χ0) is 23.3. The third-order valence-corrected chi connectivity index (χ3v) is 4.75. The predicted molar refractivity (Wildman–Crippen MR) is 119 cm³/mol. The highest BCUT2D eigenvalue weighted by Crippen LogP contribution is 2.10. The van der Waals surface area contributed by atoms with Crippen LogP contribution in [-0.4, -0.2) is 22.0 Å². The number of pyridine rings is 2. The maximum Gasteiger partial charge on any atom is 0.309 e. The zero-order valence-corrected chi connectivity index (χ0v) is 18.3. The van der Waals surface area contributed by atoms with Crippen molar-refractivity contribution in [2.75, 3.05) is 0 Å². The van der Waals surface area contributed by atoms with E-state index in [0.717, 1.165) is 21.4 Å². The molecule has 2 aromatic heterocycles. The van der Waals surface area contributed by atoms with Gasteiger partial charge in [0.25, 0.3) is 0 Å². The van der Waals surface area contributed by atoms with E-state index < -0.39 is 5.97 Å². The largest absolute Gasteiger partial charge is 0.619 e. The molecule has 7 nitrogen and oxygen atoms in total. The summed E-state index contributed by atoms with van der Waals surface area (Å²) >= 11 is 0. The third-order valence-electron chi connectivity index (χ3n) is 4.75. The molecular formula is C25H28N2O5. The minimum absolute atomic E-state index is 0.229. The van der Waals surface area contributed by atoms with E-state index in [-0.39, 0.29) is 17.8 Å². The molecule has 3 rings (SSSR count). The van der Waals surface area contributed by atoms with Gasteiger partial charge in [-0.05, 0) is 41.7 Å². The van der Waals surface area contributed by atoms with Crippen molar-refractivity contribution in [1.82, 2.24) is 4.98 Å². The monoisotopic (exact) mass is 436 g/mol. The molecule has 1 N–H and O–H groups in total. The second kappa shape index (κ2) is 12.8. The van der Waals surface area contributed by atoms with Gasteiger partial charge in [-0.15, -0.1) is 0 Å². The van der Waals surface area contributed by atoms with Gasteiger partial charge in [0.05, 0.1) is 11.8 Å². The molecule has 0 aliphatic rings. The zero-order valence-electron chi connectivity index (χ0n) is 18.3. The van der Waals surface area contributed by atoms with Crippen LogP contribution in [0.25, 0.3) is 0 Å². The Morgan fingerprint density at radius 3 is 2.06 bits per heavy atom. The molecule has 2 heterocycles. The van der Waals surface area contributed by atoms with Gasteiger partial charge >= 0.3 is 11.9 Å². The molecule has 1 aromatic carbocycles. The minimum atomic E-state index is -0.758. The van der Waals surface area contributed by atoms with Crippen LogP contribution in [0, 0.1) is 17.0 Å². The van der Waals surface area contributed by atoms with Crippen molar-refractivity contribution in [3.05, 3.63) is 101 Å². The average Bonchev–Trinajstić information content (AvgIpc) is 2.80. The minimum Gasteiger partial charge on any atom is -0.619 e. The first-order chi connectivity index (χ1) is 15.3. The van der Waals surface area contributed by atoms with Crippen molar-refractivity contribution in [3.63, 3.8) is 0 Å². The lowest BCUT2D eigenvalue weighted by Gasteiger charge is -2.11. The number of carbonyl (C=O) groups excluding carboxylic acids is 1. The van der Waals surface area contributed by atoms with Gasteiger partial charge in [-0.25, -0.2) is 0 Å². The second-order valence-corrected chi connectivity index (χ2v) is 7.56. The first-order valence-electron chi connectivity index (χ1n) is 10.3. The summed E-state index contributed by atoms with van der Waals surface area (Å²) < 4.78 is 6.00. The number of esters is 1. The van der Waals surface area contributed by atoms with Crippen molar-refractivity contribution in [2.45, 2.75) is 33.3 Å². The fraction of sp³-hybridized carbons (Fsp3) is 0.280. The Morgan fingerprint density at radius 2 is 1.47 bits per heavy atom. The first-order valence-corrected chi connectivity index (χ1v) is 10.3. The Morgan fingerprint density at radius 1 is 0.906 bits per heavy atom. The Hall–Kier alpha value is -3.74. The molecular weight excluding hydrogens is 408 g/mol. The molecule has 168 valence electrons. The highest BCUT2D eigenvalue weighted by Gasteiger charge is 2.15. The normalized spacial score (nSPS) is 12.1. The molecule has 2 atom stereocenters. The van der Waals surface area contributed by atoms with E-state index in [4.69, 9.17) is 9.84 Å². The van der Waals surface area contributed by atoms with Crippen LogP contribution in [-0.2, 0) is 33.8 Å². The number of hydrogen-bond donors (Lipinski definition) is 1. The van der Waals surface area contributed by atoms with Gasteiger partial charge in [0.15, 0.2) is 12.4 Å². The fourth-order valence-corrected chi connectivity index (χ4v) is 2.85. The van der Waals surface area contributed by atoms with Crippen LogP contribution >= 0.6 is 0 Å². The predicted octanol–water partition coefficient (Wildman–Crippen LogP) is 3.59. The molecule has 3 aromatic rings. The van der Waals surface area contributed by atoms with Gasteiger partial charge in [-0.2, -0.15) is 4.73 Å². The number of carboxylic acids is 1. The molecule has 0 radical (unpaired) electrons. The number of hydrogen-bond acceptors (Lipinski definition) is 5. The van der Waals surface area contributed by atoms with Crippen LogP contribution in [0.15, 0.2) is 79.4 Å². The SMILES string of the molecule is C[C@@H](Cc1cc[n+]([O-])cc1)C(=O)OCc1ccccc1.C[C@@H](Cc1ccncc1)C(=O)O. The van der Waals surface area contributed by atoms with Crippen LogP contribution in [0.2, 0.25) is 0 Å². The lowest BCUT2D eigenvalue weighted by atomic mass is 10.0. The maximum absolute atomic E-state index is 11.9. The molecule has 0 amide bonds. The highest BCUT2D eigenvalue weighted by molar-refractivity contribution is 5.72. The molecule has 0 saturated carbocycles. The standard InChI is InChI=1S/C16H17NO3.C9H11NO2/c1-13(11-14-7-9-17(19)10-8-14)16(18)20-12-15-5-3-2-4-6-15;1-7(9(11)12)6-8-2-4-10-5-3-8/h2-10,13H,11-12H2,1H3;2-5,7H,6H2,1H3,(H,11,12)/t13-;7-/m00/s1. The number of rotatable bonds is 8. The number of carboxylic acid groups (broad SMARTS) is 1. The Labute approximate surface area is 187 Å². The molecule has 0 spiro atoms. The van der Waals surface area contributed by atoms with E-state index in [0.29, 0.717) is 19.4 Å². The third kappa shape index (κ3) is 8.95. The van der Waals surface area contributed by atoms with E-state index in [1.807, 2.05) is 49.4 Å². The van der Waals surface area contributed by atoms with Gasteiger partial charge in [-0.1, -0.05) is 44.2 Å². The van der Waals surface area contributed by atoms with E-state index in [9.17, 15) is 14.8 Å². The van der Waals surface area contributed by atoms with Crippen molar-refractivity contribution >= 4 is 11.9 Å². The molecule has 32 heavy (non-hydrogen) atoms. The van der Waals surface area contributed by atoms with E-state index in [1.54, 1.807) is 31.5 Å². The number of aromatic nitrogens is 2. The van der Waals surface area contributed by atoms with E-state index in [1.165, 1.54) is 12.4 Å². The number of carbonyl (C=O) groups is 2. The molecule has 0 unspecified atom stereocenters. The number of aliphatic carboxylic acids is 1. The average molecular weight is 437 g/mol. The summed E-state index contributed by atoms with van der Waals surface area (Å²) in [4.78, 5) is 26.2. The van der Waals surface area contributed by atoms with Crippen LogP contribution in [0.4, 0.5) is 0 Å². The van der Waals surface area contributed by atoms with Gasteiger partial charge in [-0.3, -0.25) is 14.6 Å². The van der Waals surface area contributed by atoms with E-state index >= 15 is 0 Å². The molecule has 7 heteroatoms. The first kappa shape index (κ1) is 24.5. The molecule has 0 aliphatic carbocycles. The molecule has 0 aliphatic heterocycles. The molecule has 0 bridgehead atoms. The van der Waals surface area contributed by atoms with Gasteiger partial charge in [0, 0.05) is 24.5 Å². The van der Waals surface area contributed by atoms with Gasteiger partial charge < -0.3 is 15.1 Å². The summed E-state index contributed by atoms with van der Waals surface area (Å²) in [5.41, 5.74) is 2.93. The Bertz CT molecular complexity index is 963. The van der Waals surface area contributed by atoms with Crippen molar-refractivity contribution in [2.24, 2.45) is 11.8 Å². The summed E-state index contributed by atoms with van der Waals surface area (Å²) in [6.45, 7) is 3.81. The van der Waals surface area contributed by atoms with Crippen molar-refractivity contribution < 1.29 is 24.2 Å². The molecule has 0 saturated heterocycles. The van der Waals surface area contributed by atoms with Crippen LogP contribution in [0.3, 0.4) is 0 Å². The smallest absolute Gasteiger partial charge is 0.309 e. The van der Waals surface area contributed by atoms with Crippen LogP contribution in [0.5, 0.6) is 0 Å². The summed E-state index contributed by atoms with van der Waals surface area (Å²) in [5.74, 6) is -1.55. The Kier molecular flexibility index (Phi) is 9.84. The lowest BCUT2D eigenvalue weighted by molar-refractivity contribution is -0.605. The lowest BCUT2D eigenvalue weighted by Crippen LogP contribution is -2.24. The maximum atomic E-state index is 11.9. The summed E-state index contributed by atoms with van der Waals surface area (Å²) in [6.07, 6.45) is 7.33. The topological polar surface area (TPSA) is 103 Å². The van der Waals surface area contributed by atoms with Crippen molar-refractivity contribution in [1.29, 1.82) is 0 Å². The van der Waals surface area contributed by atoms with Gasteiger partial charge in [0.2, 0.25) is 0 Å². The highest BCUT2D eigenvalue weighted by atomic mass is 16.5. The van der Waals surface area contributed by atoms with E-state index in [2.05, 4.69) is 4.98 Å². The second-order valence-electron chi connectivity index (χ2n) is 7.56. The summed E-state index contributed by atoms with van der Waals surface area (Å²) in [7, 11) is 0. The van der Waals surface area contributed by atoms with Crippen LogP contribution in [0.1, 0.15) is 30.5 Å². The van der Waals surface area contributed by atoms with Crippen LogP contribution < -0.4 is 4.73 Å². The number of nitrogens with zero attached hydrogens (tertiary/aromatic N) is 2. The Balaban J connectivity index is 0.000000258. The summed E-state index contributed by atoms with van der Waals surface area (Å²) in [5, 5.41) is 19.6.